The van der Waals surface area contributed by atoms with Crippen LogP contribution in [-0.4, -0.2) is 49.7 Å². The van der Waals surface area contributed by atoms with Crippen LogP contribution in [0, 0.1) is 6.92 Å². The number of aromatic nitrogens is 6. The van der Waals surface area contributed by atoms with Gasteiger partial charge in [0.1, 0.15) is 23.6 Å². The van der Waals surface area contributed by atoms with Crippen LogP contribution in [0.4, 0.5) is 18.9 Å². The summed E-state index contributed by atoms with van der Waals surface area (Å²) in [5, 5.41) is 10.4. The Morgan fingerprint density at radius 3 is 2.57 bits per heavy atom. The van der Waals surface area contributed by atoms with Gasteiger partial charge in [0, 0.05) is 11.8 Å². The molecule has 35 heavy (non-hydrogen) atoms. The first-order valence-corrected chi connectivity index (χ1v) is 10.2. The predicted octanol–water partition coefficient (Wildman–Crippen LogP) is 3.51. The third-order valence-corrected chi connectivity index (χ3v) is 4.94. The zero-order valence-electron chi connectivity index (χ0n) is 18.9. The molecule has 0 saturated carbocycles. The van der Waals surface area contributed by atoms with Gasteiger partial charge in [-0.1, -0.05) is 11.3 Å². The van der Waals surface area contributed by atoms with Gasteiger partial charge in [-0.05, 0) is 25.1 Å². The lowest BCUT2D eigenvalue weighted by atomic mass is 10.1. The Bertz CT molecular complexity index is 1360. The Labute approximate surface area is 197 Å². The van der Waals surface area contributed by atoms with Crippen LogP contribution in [0.15, 0.2) is 49.2 Å². The number of nitrogens with one attached hydrogen (secondary N) is 1. The Balaban J connectivity index is 1.48. The molecule has 3 heterocycles. The monoisotopic (exact) mass is 487 g/mol. The lowest BCUT2D eigenvalue weighted by Crippen LogP contribution is -2.20. The molecule has 0 saturated heterocycles. The van der Waals surface area contributed by atoms with E-state index in [1.165, 1.54) is 4.68 Å². The summed E-state index contributed by atoms with van der Waals surface area (Å²) in [7, 11) is 2.63. The van der Waals surface area contributed by atoms with Crippen molar-refractivity contribution in [2.24, 2.45) is 0 Å². The third kappa shape index (κ3) is 5.23. The molecule has 4 rings (SSSR count). The van der Waals surface area contributed by atoms with E-state index in [1.807, 2.05) is 29.8 Å². The predicted molar refractivity (Wildman–Crippen MR) is 118 cm³/mol. The fraction of sp³-hybridized carbons (Fsp3) is 0.227. The van der Waals surface area contributed by atoms with E-state index in [0.717, 1.165) is 30.8 Å². The molecule has 1 N–H and O–H groups in total. The van der Waals surface area contributed by atoms with Gasteiger partial charge in [0.15, 0.2) is 0 Å². The van der Waals surface area contributed by atoms with E-state index in [-0.39, 0.29) is 12.2 Å². The summed E-state index contributed by atoms with van der Waals surface area (Å²) in [4.78, 5) is 20.2. The standard InChI is InChI=1S/C22H20F3N7O3/c1-13-9-31(12-27-13)18-5-4-14(6-19(18)34-2)17-10-32(30-29-17)11-20(33)28-15-7-16(22(23,24)25)21(35-3)26-8-15/h4-10,12H,11H2,1-3H3,(H,28,33). The van der Waals surface area contributed by atoms with E-state index in [1.54, 1.807) is 25.7 Å². The number of aryl methyl sites for hydroxylation is 1. The molecule has 3 aromatic heterocycles. The average molecular weight is 487 g/mol. The van der Waals surface area contributed by atoms with Crippen molar-refractivity contribution in [3.05, 3.63) is 60.4 Å². The molecule has 182 valence electrons. The molecule has 0 aliphatic heterocycles. The second-order valence-corrected chi connectivity index (χ2v) is 7.44. The summed E-state index contributed by atoms with van der Waals surface area (Å²) < 4.78 is 52.8. The fourth-order valence-corrected chi connectivity index (χ4v) is 3.35. The van der Waals surface area contributed by atoms with Crippen LogP contribution >= 0.6 is 0 Å². The van der Waals surface area contributed by atoms with Crippen molar-refractivity contribution in [1.82, 2.24) is 29.5 Å². The van der Waals surface area contributed by atoms with Gasteiger partial charge in [0.25, 0.3) is 0 Å². The lowest BCUT2D eigenvalue weighted by molar-refractivity contribution is -0.139. The maximum absolute atomic E-state index is 13.2. The summed E-state index contributed by atoms with van der Waals surface area (Å²) in [6.45, 7) is 1.61. The number of carbonyl (C=O) groups is 1. The largest absolute Gasteiger partial charge is 0.495 e. The number of alkyl halides is 3. The van der Waals surface area contributed by atoms with Gasteiger partial charge in [-0.15, -0.1) is 5.10 Å². The zero-order valence-corrected chi connectivity index (χ0v) is 18.9. The van der Waals surface area contributed by atoms with Gasteiger partial charge in [0.2, 0.25) is 11.8 Å². The normalized spacial score (nSPS) is 11.4. The van der Waals surface area contributed by atoms with Gasteiger partial charge >= 0.3 is 6.18 Å². The number of carbonyl (C=O) groups excluding carboxylic acids is 1. The Hall–Kier alpha value is -4.42. The number of amides is 1. The minimum Gasteiger partial charge on any atom is -0.495 e. The summed E-state index contributed by atoms with van der Waals surface area (Å²) >= 11 is 0. The number of nitrogens with zero attached hydrogens (tertiary/aromatic N) is 6. The first-order chi connectivity index (χ1) is 16.7. The number of hydrogen-bond acceptors (Lipinski definition) is 7. The molecule has 0 bridgehead atoms. The molecule has 0 atom stereocenters. The van der Waals surface area contributed by atoms with Crippen molar-refractivity contribution in [1.29, 1.82) is 0 Å². The lowest BCUT2D eigenvalue weighted by Gasteiger charge is -2.12. The number of benzene rings is 1. The first-order valence-electron chi connectivity index (χ1n) is 10.2. The van der Waals surface area contributed by atoms with Gasteiger partial charge in [0.05, 0.1) is 50.0 Å². The number of hydrogen-bond donors (Lipinski definition) is 1. The fourth-order valence-electron chi connectivity index (χ4n) is 3.35. The van der Waals surface area contributed by atoms with Crippen LogP contribution in [0.3, 0.4) is 0 Å². The van der Waals surface area contributed by atoms with Crippen molar-refractivity contribution in [3.63, 3.8) is 0 Å². The van der Waals surface area contributed by atoms with E-state index >= 15 is 0 Å². The van der Waals surface area contributed by atoms with Crippen LogP contribution in [0.25, 0.3) is 16.9 Å². The second-order valence-electron chi connectivity index (χ2n) is 7.44. The molecule has 0 fully saturated rings. The molecule has 1 amide bonds. The number of imidazole rings is 1. The van der Waals surface area contributed by atoms with Crippen molar-refractivity contribution in [3.8, 4) is 28.6 Å². The molecule has 13 heteroatoms. The summed E-state index contributed by atoms with van der Waals surface area (Å²) in [6, 6.07) is 6.20. The van der Waals surface area contributed by atoms with Crippen LogP contribution in [0.2, 0.25) is 0 Å². The molecule has 1 aromatic carbocycles. The van der Waals surface area contributed by atoms with E-state index < -0.39 is 23.5 Å². The highest BCUT2D eigenvalue weighted by atomic mass is 19.4. The van der Waals surface area contributed by atoms with Gasteiger partial charge in [-0.2, -0.15) is 13.2 Å². The number of pyridine rings is 1. The first kappa shape index (κ1) is 23.7. The van der Waals surface area contributed by atoms with Crippen LogP contribution in [0.5, 0.6) is 11.6 Å². The minimum absolute atomic E-state index is 0.126. The second kappa shape index (κ2) is 9.44. The molecular formula is C22H20F3N7O3. The van der Waals surface area contributed by atoms with Crippen molar-refractivity contribution in [2.75, 3.05) is 19.5 Å². The number of methoxy groups -OCH3 is 2. The van der Waals surface area contributed by atoms with Crippen molar-refractivity contribution in [2.45, 2.75) is 19.6 Å². The molecular weight excluding hydrogens is 467 g/mol. The maximum Gasteiger partial charge on any atom is 0.421 e. The van der Waals surface area contributed by atoms with Gasteiger partial charge < -0.3 is 19.4 Å². The third-order valence-electron chi connectivity index (χ3n) is 4.94. The average Bonchev–Trinajstić information content (AvgIpc) is 3.47. The number of rotatable bonds is 7. The molecule has 0 unspecified atom stereocenters. The SMILES string of the molecule is COc1cc(-c2cn(CC(=O)Nc3cnc(OC)c(C(F)(F)F)c3)nn2)ccc1-n1cnc(C)c1. The highest BCUT2D eigenvalue weighted by molar-refractivity contribution is 5.90. The smallest absolute Gasteiger partial charge is 0.421 e. The molecule has 4 aromatic rings. The molecule has 0 radical (unpaired) electrons. The van der Waals surface area contributed by atoms with Crippen LogP contribution in [-0.2, 0) is 17.5 Å². The van der Waals surface area contributed by atoms with Crippen molar-refractivity contribution < 1.29 is 27.4 Å². The maximum atomic E-state index is 13.2. The van der Waals surface area contributed by atoms with Gasteiger partial charge in [-0.3, -0.25) is 4.79 Å². The Morgan fingerprint density at radius 2 is 1.91 bits per heavy atom. The molecule has 0 aliphatic rings. The van der Waals surface area contributed by atoms with Crippen LogP contribution in [0.1, 0.15) is 11.3 Å². The highest BCUT2D eigenvalue weighted by Crippen LogP contribution is 2.36. The summed E-state index contributed by atoms with van der Waals surface area (Å²) in [6.07, 6.45) is 1.48. The molecule has 0 spiro atoms. The van der Waals surface area contributed by atoms with E-state index in [9.17, 15) is 18.0 Å². The number of halogens is 3. The molecule has 0 aliphatic carbocycles. The summed E-state index contributed by atoms with van der Waals surface area (Å²) in [5.41, 5.74) is 1.60. The topological polar surface area (TPSA) is 109 Å². The Morgan fingerprint density at radius 1 is 1.11 bits per heavy atom. The Kier molecular flexibility index (Phi) is 6.40. The van der Waals surface area contributed by atoms with E-state index in [0.29, 0.717) is 17.0 Å². The number of anilines is 1. The zero-order chi connectivity index (χ0) is 25.2. The highest BCUT2D eigenvalue weighted by Gasteiger charge is 2.35. The van der Waals surface area contributed by atoms with Crippen molar-refractivity contribution >= 4 is 11.6 Å². The van der Waals surface area contributed by atoms with E-state index in [4.69, 9.17) is 4.74 Å². The van der Waals surface area contributed by atoms with E-state index in [2.05, 4.69) is 30.3 Å². The van der Waals surface area contributed by atoms with Gasteiger partial charge in [-0.25, -0.2) is 14.6 Å². The number of ether oxygens (including phenoxy) is 2. The van der Waals surface area contributed by atoms with Crippen LogP contribution < -0.4 is 14.8 Å². The summed E-state index contributed by atoms with van der Waals surface area (Å²) in [5.74, 6) is -0.606. The minimum atomic E-state index is -4.69. The molecule has 10 nitrogen and oxygen atoms in total. The quantitative estimate of drug-likeness (QED) is 0.425.